The molecule has 0 aliphatic heterocycles. The fourth-order valence-corrected chi connectivity index (χ4v) is 1.83. The molecule has 0 bridgehead atoms. The Bertz CT molecular complexity index is 662. The Kier molecular flexibility index (Phi) is 2.61. The van der Waals surface area contributed by atoms with Gasteiger partial charge in [0, 0.05) is 6.20 Å². The minimum absolute atomic E-state index is 0.270. The van der Waals surface area contributed by atoms with E-state index >= 15 is 0 Å². The van der Waals surface area contributed by atoms with Crippen LogP contribution in [0, 0.1) is 5.82 Å². The highest BCUT2D eigenvalue weighted by Gasteiger charge is 2.07. The molecule has 3 rings (SSSR count). The number of halogens is 1. The number of imidazole rings is 1. The highest BCUT2D eigenvalue weighted by molar-refractivity contribution is 5.57. The Balaban J connectivity index is 2.13. The summed E-state index contributed by atoms with van der Waals surface area (Å²) in [5, 5.41) is 0. The third kappa shape index (κ3) is 1.88. The van der Waals surface area contributed by atoms with Crippen molar-refractivity contribution in [1.82, 2.24) is 14.5 Å². The summed E-state index contributed by atoms with van der Waals surface area (Å²) >= 11 is 0. The lowest BCUT2D eigenvalue weighted by Gasteiger charge is -2.07. The highest BCUT2D eigenvalue weighted by Crippen LogP contribution is 2.20. The minimum Gasteiger partial charge on any atom is -0.297 e. The summed E-state index contributed by atoms with van der Waals surface area (Å²) in [6.07, 6.45) is 5.09. The summed E-state index contributed by atoms with van der Waals surface area (Å²) in [6, 6.07) is 12.0. The summed E-state index contributed by atoms with van der Waals surface area (Å²) in [5.74, 6) is -0.270. The second-order valence-electron chi connectivity index (χ2n) is 3.84. The lowest BCUT2D eigenvalue weighted by atomic mass is 10.2. The van der Waals surface area contributed by atoms with Gasteiger partial charge in [0.2, 0.25) is 0 Å². The number of benzene rings is 1. The van der Waals surface area contributed by atoms with Crippen LogP contribution in [0.25, 0.3) is 17.1 Å². The van der Waals surface area contributed by atoms with Gasteiger partial charge in [0.1, 0.15) is 5.82 Å². The average molecular weight is 239 g/mol. The smallest absolute Gasteiger partial charge is 0.125 e. The van der Waals surface area contributed by atoms with Gasteiger partial charge in [0.25, 0.3) is 0 Å². The van der Waals surface area contributed by atoms with E-state index in [1.54, 1.807) is 24.8 Å². The fourth-order valence-electron chi connectivity index (χ4n) is 1.83. The molecule has 0 fully saturated rings. The number of rotatable bonds is 2. The number of hydrogen-bond donors (Lipinski definition) is 0. The monoisotopic (exact) mass is 239 g/mol. The summed E-state index contributed by atoms with van der Waals surface area (Å²) in [5.41, 5.74) is 2.37. The van der Waals surface area contributed by atoms with Gasteiger partial charge in [0.05, 0.1) is 29.6 Å². The molecule has 0 N–H and O–H groups in total. The van der Waals surface area contributed by atoms with Crippen LogP contribution in [0.4, 0.5) is 4.39 Å². The molecule has 2 aromatic heterocycles. The molecule has 0 radical (unpaired) electrons. The quantitative estimate of drug-likeness (QED) is 0.688. The zero-order chi connectivity index (χ0) is 12.4. The predicted octanol–water partition coefficient (Wildman–Crippen LogP) is 3.07. The summed E-state index contributed by atoms with van der Waals surface area (Å²) in [7, 11) is 0. The third-order valence-electron chi connectivity index (χ3n) is 2.65. The van der Waals surface area contributed by atoms with Crippen molar-refractivity contribution in [3.63, 3.8) is 0 Å². The average Bonchev–Trinajstić information content (AvgIpc) is 2.89. The molecule has 4 heteroatoms. The van der Waals surface area contributed by atoms with Gasteiger partial charge in [-0.05, 0) is 30.3 Å². The van der Waals surface area contributed by atoms with E-state index in [9.17, 15) is 4.39 Å². The Morgan fingerprint density at radius 3 is 2.78 bits per heavy atom. The maximum Gasteiger partial charge on any atom is 0.125 e. The van der Waals surface area contributed by atoms with Gasteiger partial charge >= 0.3 is 0 Å². The lowest BCUT2D eigenvalue weighted by molar-refractivity contribution is 0.626. The van der Waals surface area contributed by atoms with Gasteiger partial charge in [-0.2, -0.15) is 0 Å². The number of pyridine rings is 1. The molecule has 0 saturated carbocycles. The van der Waals surface area contributed by atoms with E-state index in [1.807, 2.05) is 28.8 Å². The first-order chi connectivity index (χ1) is 8.84. The molecule has 1 aromatic carbocycles. The zero-order valence-electron chi connectivity index (χ0n) is 9.49. The fraction of sp³-hybridized carbons (Fsp3) is 0. The molecular weight excluding hydrogens is 229 g/mol. The number of nitrogens with zero attached hydrogens (tertiary/aromatic N) is 3. The lowest BCUT2D eigenvalue weighted by Crippen LogP contribution is -1.96. The summed E-state index contributed by atoms with van der Waals surface area (Å²) in [4.78, 5) is 8.38. The number of aromatic nitrogens is 3. The van der Waals surface area contributed by atoms with Crippen LogP contribution in [0.1, 0.15) is 0 Å². The van der Waals surface area contributed by atoms with Gasteiger partial charge in [-0.1, -0.05) is 12.1 Å². The number of hydrogen-bond acceptors (Lipinski definition) is 2. The standard InChI is InChI=1S/C14H10FN3/c15-11-4-3-5-12(8-11)18-10-16-9-14(18)13-6-1-2-7-17-13/h1-10H. The summed E-state index contributed by atoms with van der Waals surface area (Å²) < 4.78 is 15.1. The van der Waals surface area contributed by atoms with Crippen LogP contribution in [-0.4, -0.2) is 14.5 Å². The van der Waals surface area contributed by atoms with E-state index in [2.05, 4.69) is 9.97 Å². The molecule has 88 valence electrons. The van der Waals surface area contributed by atoms with Gasteiger partial charge in [0.15, 0.2) is 0 Å². The maximum absolute atomic E-state index is 13.2. The van der Waals surface area contributed by atoms with E-state index in [0.717, 1.165) is 17.1 Å². The van der Waals surface area contributed by atoms with Crippen molar-refractivity contribution < 1.29 is 4.39 Å². The first-order valence-electron chi connectivity index (χ1n) is 5.54. The van der Waals surface area contributed by atoms with Crippen molar-refractivity contribution in [3.8, 4) is 17.1 Å². The van der Waals surface area contributed by atoms with Crippen LogP contribution < -0.4 is 0 Å². The molecule has 3 aromatic rings. The van der Waals surface area contributed by atoms with Crippen molar-refractivity contribution in [1.29, 1.82) is 0 Å². The molecular formula is C14H10FN3. The largest absolute Gasteiger partial charge is 0.297 e. The van der Waals surface area contributed by atoms with Crippen LogP contribution >= 0.6 is 0 Å². The van der Waals surface area contributed by atoms with E-state index < -0.39 is 0 Å². The van der Waals surface area contributed by atoms with Gasteiger partial charge < -0.3 is 0 Å². The van der Waals surface area contributed by atoms with Crippen molar-refractivity contribution >= 4 is 0 Å². The molecule has 0 amide bonds. The highest BCUT2D eigenvalue weighted by atomic mass is 19.1. The molecule has 0 saturated heterocycles. The maximum atomic E-state index is 13.2. The van der Waals surface area contributed by atoms with Crippen LogP contribution in [0.3, 0.4) is 0 Å². The van der Waals surface area contributed by atoms with E-state index in [1.165, 1.54) is 12.1 Å². The molecule has 3 nitrogen and oxygen atoms in total. The molecule has 0 aliphatic rings. The van der Waals surface area contributed by atoms with Crippen molar-refractivity contribution in [2.24, 2.45) is 0 Å². The first kappa shape index (κ1) is 10.7. The van der Waals surface area contributed by atoms with Crippen LogP contribution in [0.2, 0.25) is 0 Å². The molecule has 2 heterocycles. The second kappa shape index (κ2) is 4.41. The zero-order valence-corrected chi connectivity index (χ0v) is 9.49. The minimum atomic E-state index is -0.270. The van der Waals surface area contributed by atoms with Crippen LogP contribution in [0.15, 0.2) is 61.2 Å². The first-order valence-corrected chi connectivity index (χ1v) is 5.54. The van der Waals surface area contributed by atoms with Gasteiger partial charge in [-0.25, -0.2) is 9.37 Å². The Labute approximate surface area is 104 Å². The van der Waals surface area contributed by atoms with E-state index in [0.29, 0.717) is 0 Å². The Hall–Kier alpha value is -2.49. The SMILES string of the molecule is Fc1cccc(-n2cncc2-c2ccccn2)c1. The molecule has 0 atom stereocenters. The molecule has 0 unspecified atom stereocenters. The molecule has 0 spiro atoms. The Morgan fingerprint density at radius 1 is 1.06 bits per heavy atom. The topological polar surface area (TPSA) is 30.7 Å². The van der Waals surface area contributed by atoms with Crippen molar-refractivity contribution in [2.75, 3.05) is 0 Å². The van der Waals surface area contributed by atoms with E-state index in [4.69, 9.17) is 0 Å². The van der Waals surface area contributed by atoms with Crippen molar-refractivity contribution in [3.05, 3.63) is 67.0 Å². The van der Waals surface area contributed by atoms with Gasteiger partial charge in [-0.3, -0.25) is 9.55 Å². The van der Waals surface area contributed by atoms with Gasteiger partial charge in [-0.15, -0.1) is 0 Å². The Morgan fingerprint density at radius 2 is 2.00 bits per heavy atom. The molecule has 18 heavy (non-hydrogen) atoms. The van der Waals surface area contributed by atoms with E-state index in [-0.39, 0.29) is 5.82 Å². The normalized spacial score (nSPS) is 10.5. The van der Waals surface area contributed by atoms with Crippen LogP contribution in [0.5, 0.6) is 0 Å². The summed E-state index contributed by atoms with van der Waals surface area (Å²) in [6.45, 7) is 0. The predicted molar refractivity (Wildman–Crippen MR) is 66.8 cm³/mol. The molecule has 0 aliphatic carbocycles. The van der Waals surface area contributed by atoms with Crippen molar-refractivity contribution in [2.45, 2.75) is 0 Å². The van der Waals surface area contributed by atoms with Crippen LogP contribution in [-0.2, 0) is 0 Å². The second-order valence-corrected chi connectivity index (χ2v) is 3.84. The third-order valence-corrected chi connectivity index (χ3v) is 2.65.